The van der Waals surface area contributed by atoms with E-state index in [1.807, 2.05) is 24.3 Å². The van der Waals surface area contributed by atoms with E-state index in [1.54, 1.807) is 35.8 Å². The first-order chi connectivity index (χ1) is 16.4. The molecular weight excluding hydrogens is 473 g/mol. The first kappa shape index (κ1) is 24.2. The number of halogens is 2. The molecule has 3 aromatic carbocycles. The third-order valence-corrected chi connectivity index (χ3v) is 6.41. The Morgan fingerprint density at radius 1 is 0.853 bits per heavy atom. The normalized spacial score (nSPS) is 14.0. The molecule has 1 saturated heterocycles. The Labute approximate surface area is 208 Å². The Morgan fingerprint density at radius 2 is 1.59 bits per heavy atom. The van der Waals surface area contributed by atoms with Crippen molar-refractivity contribution in [2.75, 3.05) is 18.4 Å². The van der Waals surface area contributed by atoms with Crippen LogP contribution in [-0.2, 0) is 6.54 Å². The van der Waals surface area contributed by atoms with Crippen LogP contribution in [-0.4, -0.2) is 35.0 Å². The van der Waals surface area contributed by atoms with Gasteiger partial charge in [0.05, 0.1) is 10.6 Å². The Hall–Kier alpha value is -2.90. The van der Waals surface area contributed by atoms with Crippen molar-refractivity contribution in [2.45, 2.75) is 25.8 Å². The van der Waals surface area contributed by atoms with Gasteiger partial charge in [-0.25, -0.2) is 5.48 Å². The number of hydrogen-bond donors (Lipinski definition) is 3. The third-order valence-electron chi connectivity index (χ3n) is 5.86. The fourth-order valence-electron chi connectivity index (χ4n) is 4.15. The summed E-state index contributed by atoms with van der Waals surface area (Å²) in [5, 5.41) is 12.6. The van der Waals surface area contributed by atoms with E-state index in [-0.39, 0.29) is 10.9 Å². The molecule has 0 bridgehead atoms. The number of hydrogen-bond acceptors (Lipinski definition) is 4. The number of piperidine rings is 1. The Balaban J connectivity index is 1.65. The van der Waals surface area contributed by atoms with Gasteiger partial charge in [0.2, 0.25) is 0 Å². The summed E-state index contributed by atoms with van der Waals surface area (Å²) >= 11 is 12.2. The van der Waals surface area contributed by atoms with Crippen molar-refractivity contribution < 1.29 is 14.8 Å². The number of benzene rings is 3. The highest BCUT2D eigenvalue weighted by Gasteiger charge is 2.15. The summed E-state index contributed by atoms with van der Waals surface area (Å²) in [7, 11) is 0. The van der Waals surface area contributed by atoms with E-state index >= 15 is 0 Å². The molecule has 1 aliphatic rings. The van der Waals surface area contributed by atoms with E-state index in [2.05, 4.69) is 16.3 Å². The smallest absolute Gasteiger partial charge is 0.274 e. The van der Waals surface area contributed by atoms with Crippen LogP contribution in [0.3, 0.4) is 0 Å². The maximum atomic E-state index is 12.9. The number of carbonyl (C=O) groups is 2. The molecule has 176 valence electrons. The molecule has 3 aromatic rings. The number of nitrogens with zero attached hydrogens (tertiary/aromatic N) is 1. The molecule has 6 nitrogen and oxygen atoms in total. The van der Waals surface area contributed by atoms with Gasteiger partial charge in [0.1, 0.15) is 0 Å². The Bertz CT molecular complexity index is 1190. The molecule has 0 aromatic heterocycles. The lowest BCUT2D eigenvalue weighted by Crippen LogP contribution is -2.29. The van der Waals surface area contributed by atoms with Gasteiger partial charge in [0, 0.05) is 22.8 Å². The van der Waals surface area contributed by atoms with E-state index in [0.29, 0.717) is 21.8 Å². The van der Waals surface area contributed by atoms with Gasteiger partial charge < -0.3 is 5.32 Å². The van der Waals surface area contributed by atoms with E-state index in [0.717, 1.165) is 36.3 Å². The molecule has 4 rings (SSSR count). The minimum atomic E-state index is -0.571. The zero-order valence-electron chi connectivity index (χ0n) is 18.5. The first-order valence-corrected chi connectivity index (χ1v) is 11.9. The largest absolute Gasteiger partial charge is 0.322 e. The van der Waals surface area contributed by atoms with Crippen LogP contribution in [0.4, 0.5) is 5.69 Å². The van der Waals surface area contributed by atoms with E-state index < -0.39 is 5.91 Å². The monoisotopic (exact) mass is 497 g/mol. The van der Waals surface area contributed by atoms with Crippen molar-refractivity contribution in [1.29, 1.82) is 0 Å². The molecule has 8 heteroatoms. The molecule has 0 spiro atoms. The number of hydroxylamine groups is 1. The number of anilines is 1. The van der Waals surface area contributed by atoms with Gasteiger partial charge in [0.25, 0.3) is 11.8 Å². The summed E-state index contributed by atoms with van der Waals surface area (Å²) in [4.78, 5) is 27.0. The second-order valence-corrected chi connectivity index (χ2v) is 9.20. The van der Waals surface area contributed by atoms with Crippen LogP contribution in [0.15, 0.2) is 60.7 Å². The second kappa shape index (κ2) is 11.0. The topological polar surface area (TPSA) is 81.7 Å². The third kappa shape index (κ3) is 5.96. The lowest BCUT2D eigenvalue weighted by molar-refractivity contribution is 0.0706. The molecule has 1 fully saturated rings. The maximum absolute atomic E-state index is 12.9. The van der Waals surface area contributed by atoms with Crippen LogP contribution >= 0.6 is 23.2 Å². The van der Waals surface area contributed by atoms with E-state index in [9.17, 15) is 9.59 Å². The summed E-state index contributed by atoms with van der Waals surface area (Å²) in [6.45, 7) is 2.89. The van der Waals surface area contributed by atoms with Crippen molar-refractivity contribution in [3.63, 3.8) is 0 Å². The molecule has 3 N–H and O–H groups in total. The Kier molecular flexibility index (Phi) is 7.85. The zero-order chi connectivity index (χ0) is 24.1. The standard InChI is InChI=1S/C26H25Cl2N3O3/c27-21-8-9-23(24(28)15-21)26(33)29-22-13-17(16-31-10-2-1-3-11-31)12-20(14-22)18-4-6-19(7-5-18)25(32)30-34/h4-9,12-15,34H,1-3,10-11,16H2,(H,29,33)(H,30,32). The van der Waals surface area contributed by atoms with Crippen molar-refractivity contribution in [2.24, 2.45) is 0 Å². The molecule has 1 heterocycles. The predicted molar refractivity (Wildman–Crippen MR) is 135 cm³/mol. The number of rotatable bonds is 6. The van der Waals surface area contributed by atoms with Crippen molar-refractivity contribution in [3.05, 3.63) is 87.4 Å². The molecular formula is C26H25Cl2N3O3. The van der Waals surface area contributed by atoms with Crippen LogP contribution in [0.25, 0.3) is 11.1 Å². The van der Waals surface area contributed by atoms with Crippen LogP contribution in [0, 0.1) is 0 Å². The van der Waals surface area contributed by atoms with E-state index in [4.69, 9.17) is 28.4 Å². The lowest BCUT2D eigenvalue weighted by atomic mass is 9.99. The highest BCUT2D eigenvalue weighted by atomic mass is 35.5. The number of nitrogens with one attached hydrogen (secondary N) is 2. The summed E-state index contributed by atoms with van der Waals surface area (Å²) in [5.41, 5.74) is 5.85. The van der Waals surface area contributed by atoms with Gasteiger partial charge in [-0.15, -0.1) is 0 Å². The molecule has 0 unspecified atom stereocenters. The number of likely N-dealkylation sites (tertiary alicyclic amines) is 1. The highest BCUT2D eigenvalue weighted by molar-refractivity contribution is 6.37. The average Bonchev–Trinajstić information content (AvgIpc) is 2.84. The summed E-state index contributed by atoms with van der Waals surface area (Å²) in [6.07, 6.45) is 3.63. The van der Waals surface area contributed by atoms with Gasteiger partial charge in [0.15, 0.2) is 0 Å². The minimum Gasteiger partial charge on any atom is -0.322 e. The predicted octanol–water partition coefficient (Wildman–Crippen LogP) is 6.02. The van der Waals surface area contributed by atoms with Crippen LogP contribution < -0.4 is 10.8 Å². The zero-order valence-corrected chi connectivity index (χ0v) is 20.0. The molecule has 0 saturated carbocycles. The molecule has 0 aliphatic carbocycles. The molecule has 0 atom stereocenters. The fraction of sp³-hybridized carbons (Fsp3) is 0.231. The number of carbonyl (C=O) groups excluding carboxylic acids is 2. The minimum absolute atomic E-state index is 0.285. The van der Waals surface area contributed by atoms with Gasteiger partial charge in [-0.3, -0.25) is 19.7 Å². The summed E-state index contributed by atoms with van der Waals surface area (Å²) in [6, 6.07) is 17.7. The van der Waals surface area contributed by atoms with Gasteiger partial charge in [-0.1, -0.05) is 41.8 Å². The highest BCUT2D eigenvalue weighted by Crippen LogP contribution is 2.28. The van der Waals surface area contributed by atoms with Crippen LogP contribution in [0.5, 0.6) is 0 Å². The van der Waals surface area contributed by atoms with Gasteiger partial charge >= 0.3 is 0 Å². The van der Waals surface area contributed by atoms with Crippen LogP contribution in [0.1, 0.15) is 45.5 Å². The van der Waals surface area contributed by atoms with Gasteiger partial charge in [-0.2, -0.15) is 0 Å². The SMILES string of the molecule is O=C(NO)c1ccc(-c2cc(CN3CCCCC3)cc(NC(=O)c3ccc(Cl)cc3Cl)c2)cc1. The average molecular weight is 498 g/mol. The first-order valence-electron chi connectivity index (χ1n) is 11.1. The quantitative estimate of drug-likeness (QED) is 0.287. The van der Waals surface area contributed by atoms with Crippen molar-refractivity contribution in [1.82, 2.24) is 10.4 Å². The van der Waals surface area contributed by atoms with Crippen LogP contribution in [0.2, 0.25) is 10.0 Å². The Morgan fingerprint density at radius 3 is 2.26 bits per heavy atom. The number of amides is 2. The summed E-state index contributed by atoms with van der Waals surface area (Å²) in [5.74, 6) is -0.893. The second-order valence-electron chi connectivity index (χ2n) is 8.35. The summed E-state index contributed by atoms with van der Waals surface area (Å²) < 4.78 is 0. The maximum Gasteiger partial charge on any atom is 0.274 e. The van der Waals surface area contributed by atoms with Crippen molar-refractivity contribution in [3.8, 4) is 11.1 Å². The lowest BCUT2D eigenvalue weighted by Gasteiger charge is -2.27. The molecule has 1 aliphatic heterocycles. The van der Waals surface area contributed by atoms with Crippen molar-refractivity contribution >= 4 is 40.7 Å². The molecule has 0 radical (unpaired) electrons. The van der Waals surface area contributed by atoms with Gasteiger partial charge in [-0.05, 0) is 91.2 Å². The molecule has 2 amide bonds. The van der Waals surface area contributed by atoms with E-state index in [1.165, 1.54) is 19.3 Å². The fourth-order valence-corrected chi connectivity index (χ4v) is 4.64. The molecule has 34 heavy (non-hydrogen) atoms.